The van der Waals surface area contributed by atoms with E-state index in [0.717, 1.165) is 5.69 Å². The van der Waals surface area contributed by atoms with Crippen LogP contribution < -0.4 is 4.90 Å². The van der Waals surface area contributed by atoms with Gasteiger partial charge in [0, 0.05) is 34.9 Å². The van der Waals surface area contributed by atoms with Gasteiger partial charge in [-0.25, -0.2) is 8.42 Å². The van der Waals surface area contributed by atoms with Crippen LogP contribution in [0.25, 0.3) is 10.9 Å². The maximum atomic E-state index is 13.2. The molecule has 0 radical (unpaired) electrons. The van der Waals surface area contributed by atoms with E-state index >= 15 is 0 Å². The Kier molecular flexibility index (Phi) is 5.85. The standard InChI is InChI=1S/C24H21ClN2O3S/c1-26(20-10-3-2-4-11-20)24(28)16-27-15-23(21-12-5-6-13-22(21)27)31(29,30)17-18-8-7-9-19(25)14-18/h2-15H,16-17H2,1H3. The minimum Gasteiger partial charge on any atom is -0.337 e. The molecule has 0 saturated heterocycles. The number of anilines is 1. The van der Waals surface area contributed by atoms with Crippen molar-refractivity contribution in [3.63, 3.8) is 0 Å². The van der Waals surface area contributed by atoms with Gasteiger partial charge in [-0.15, -0.1) is 0 Å². The molecule has 3 aromatic carbocycles. The second-order valence-electron chi connectivity index (χ2n) is 7.32. The third-order valence-electron chi connectivity index (χ3n) is 5.16. The Hall–Kier alpha value is -3.09. The largest absolute Gasteiger partial charge is 0.337 e. The van der Waals surface area contributed by atoms with Crippen LogP contribution in [0.5, 0.6) is 0 Å². The van der Waals surface area contributed by atoms with Gasteiger partial charge >= 0.3 is 0 Å². The van der Waals surface area contributed by atoms with Crippen LogP contribution >= 0.6 is 11.6 Å². The van der Waals surface area contributed by atoms with Crippen molar-refractivity contribution in [2.75, 3.05) is 11.9 Å². The molecule has 0 aliphatic rings. The average Bonchev–Trinajstić information content (AvgIpc) is 3.13. The number of halogens is 1. The summed E-state index contributed by atoms with van der Waals surface area (Å²) in [6.07, 6.45) is 1.56. The fourth-order valence-electron chi connectivity index (χ4n) is 3.56. The minimum absolute atomic E-state index is 0.0264. The van der Waals surface area contributed by atoms with Gasteiger partial charge in [-0.3, -0.25) is 4.79 Å². The molecule has 0 fully saturated rings. The van der Waals surface area contributed by atoms with Crippen LogP contribution in [0.2, 0.25) is 5.02 Å². The monoisotopic (exact) mass is 452 g/mol. The molecule has 0 atom stereocenters. The van der Waals surface area contributed by atoms with Crippen molar-refractivity contribution in [2.24, 2.45) is 0 Å². The smallest absolute Gasteiger partial charge is 0.246 e. The van der Waals surface area contributed by atoms with E-state index in [-0.39, 0.29) is 23.1 Å². The normalized spacial score (nSPS) is 11.5. The van der Waals surface area contributed by atoms with E-state index in [1.54, 1.807) is 59.1 Å². The second-order valence-corrected chi connectivity index (χ2v) is 9.71. The number of hydrogen-bond donors (Lipinski definition) is 0. The van der Waals surface area contributed by atoms with E-state index in [0.29, 0.717) is 21.5 Å². The van der Waals surface area contributed by atoms with Crippen molar-refractivity contribution in [1.29, 1.82) is 0 Å². The van der Waals surface area contributed by atoms with Crippen LogP contribution in [0.1, 0.15) is 5.56 Å². The Morgan fingerprint density at radius 3 is 2.42 bits per heavy atom. The average molecular weight is 453 g/mol. The Labute approximate surface area is 186 Å². The SMILES string of the molecule is CN(C(=O)Cn1cc(S(=O)(=O)Cc2cccc(Cl)c2)c2ccccc21)c1ccccc1. The molecular formula is C24H21ClN2O3S. The van der Waals surface area contributed by atoms with E-state index in [9.17, 15) is 13.2 Å². The third kappa shape index (κ3) is 4.50. The highest BCUT2D eigenvalue weighted by Crippen LogP contribution is 2.29. The van der Waals surface area contributed by atoms with Crippen LogP contribution in [0.3, 0.4) is 0 Å². The van der Waals surface area contributed by atoms with E-state index in [1.165, 1.54) is 0 Å². The predicted octanol–water partition coefficient (Wildman–Crippen LogP) is 4.93. The van der Waals surface area contributed by atoms with Crippen molar-refractivity contribution >= 4 is 43.9 Å². The summed E-state index contributed by atoms with van der Waals surface area (Å²) >= 11 is 6.02. The molecule has 0 saturated carbocycles. The lowest BCUT2D eigenvalue weighted by atomic mass is 10.2. The van der Waals surface area contributed by atoms with Crippen LogP contribution in [0.15, 0.2) is 90.0 Å². The number of para-hydroxylation sites is 2. The first-order chi connectivity index (χ1) is 14.8. The first-order valence-corrected chi connectivity index (χ1v) is 11.7. The highest BCUT2D eigenvalue weighted by atomic mass is 35.5. The van der Waals surface area contributed by atoms with E-state index in [1.807, 2.05) is 42.5 Å². The summed E-state index contributed by atoms with van der Waals surface area (Å²) in [4.78, 5) is 14.7. The zero-order valence-electron chi connectivity index (χ0n) is 16.9. The number of carbonyl (C=O) groups excluding carboxylic acids is 1. The van der Waals surface area contributed by atoms with Gasteiger partial charge in [-0.2, -0.15) is 0 Å². The number of rotatable bonds is 6. The molecular weight excluding hydrogens is 432 g/mol. The molecule has 0 unspecified atom stereocenters. The van der Waals surface area contributed by atoms with Gasteiger partial charge in [-0.1, -0.05) is 60.1 Å². The summed E-state index contributed by atoms with van der Waals surface area (Å²) in [6.45, 7) is 0.0264. The molecule has 5 nitrogen and oxygen atoms in total. The van der Waals surface area contributed by atoms with Gasteiger partial charge < -0.3 is 9.47 Å². The Bertz CT molecular complexity index is 1350. The Morgan fingerprint density at radius 2 is 1.68 bits per heavy atom. The van der Waals surface area contributed by atoms with Crippen LogP contribution in [0.4, 0.5) is 5.69 Å². The van der Waals surface area contributed by atoms with Gasteiger partial charge in [0.05, 0.1) is 10.6 Å². The number of benzene rings is 3. The number of nitrogens with zero attached hydrogens (tertiary/aromatic N) is 2. The van der Waals surface area contributed by atoms with Crippen LogP contribution in [0, 0.1) is 0 Å². The molecule has 4 aromatic rings. The number of fused-ring (bicyclic) bond motifs is 1. The molecule has 0 N–H and O–H groups in total. The summed E-state index contributed by atoms with van der Waals surface area (Å²) < 4.78 is 28.2. The van der Waals surface area contributed by atoms with Gasteiger partial charge in [0.2, 0.25) is 5.91 Å². The molecule has 4 rings (SSSR count). The predicted molar refractivity (Wildman–Crippen MR) is 124 cm³/mol. The van der Waals surface area contributed by atoms with Gasteiger partial charge in [0.25, 0.3) is 0 Å². The summed E-state index contributed by atoms with van der Waals surface area (Å²) in [5.41, 5.74) is 2.09. The lowest BCUT2D eigenvalue weighted by molar-refractivity contribution is -0.118. The van der Waals surface area contributed by atoms with Crippen LogP contribution in [-0.2, 0) is 26.9 Å². The van der Waals surface area contributed by atoms with Crippen molar-refractivity contribution < 1.29 is 13.2 Å². The summed E-state index contributed by atoms with van der Waals surface area (Å²) in [5, 5.41) is 1.09. The molecule has 0 aliphatic carbocycles. The number of carbonyl (C=O) groups is 1. The fraction of sp³-hybridized carbons (Fsp3) is 0.125. The Balaban J connectivity index is 1.68. The Morgan fingerprint density at radius 1 is 0.968 bits per heavy atom. The van der Waals surface area contributed by atoms with Crippen molar-refractivity contribution in [1.82, 2.24) is 4.57 Å². The number of aromatic nitrogens is 1. The van der Waals surface area contributed by atoms with Crippen molar-refractivity contribution in [3.05, 3.63) is 95.6 Å². The first kappa shape index (κ1) is 21.2. The molecule has 7 heteroatoms. The van der Waals surface area contributed by atoms with Gasteiger partial charge in [0.1, 0.15) is 6.54 Å². The number of likely N-dealkylation sites (N-methyl/N-ethyl adjacent to an activating group) is 1. The zero-order valence-corrected chi connectivity index (χ0v) is 18.5. The highest BCUT2D eigenvalue weighted by Gasteiger charge is 2.23. The summed E-state index contributed by atoms with van der Waals surface area (Å²) in [6, 6.07) is 23.4. The van der Waals surface area contributed by atoms with Crippen molar-refractivity contribution in [3.8, 4) is 0 Å². The maximum absolute atomic E-state index is 13.2. The second kappa shape index (κ2) is 8.57. The highest BCUT2D eigenvalue weighted by molar-refractivity contribution is 7.90. The number of amides is 1. The fourth-order valence-corrected chi connectivity index (χ4v) is 5.35. The summed E-state index contributed by atoms with van der Waals surface area (Å²) in [7, 11) is -1.94. The first-order valence-electron chi connectivity index (χ1n) is 9.72. The van der Waals surface area contributed by atoms with E-state index in [2.05, 4.69) is 0 Å². The molecule has 0 spiro atoms. The van der Waals surface area contributed by atoms with Crippen molar-refractivity contribution in [2.45, 2.75) is 17.2 Å². The number of hydrogen-bond acceptors (Lipinski definition) is 3. The topological polar surface area (TPSA) is 59.4 Å². The maximum Gasteiger partial charge on any atom is 0.246 e. The molecule has 0 aliphatic heterocycles. The molecule has 1 amide bonds. The lowest BCUT2D eigenvalue weighted by Gasteiger charge is -2.18. The molecule has 158 valence electrons. The van der Waals surface area contributed by atoms with Gasteiger partial charge in [-0.05, 0) is 35.9 Å². The lowest BCUT2D eigenvalue weighted by Crippen LogP contribution is -2.29. The van der Waals surface area contributed by atoms with Gasteiger partial charge in [0.15, 0.2) is 9.84 Å². The minimum atomic E-state index is -3.65. The van der Waals surface area contributed by atoms with E-state index < -0.39 is 9.84 Å². The molecule has 31 heavy (non-hydrogen) atoms. The zero-order chi connectivity index (χ0) is 22.0. The summed E-state index contributed by atoms with van der Waals surface area (Å²) in [5.74, 6) is -0.315. The quantitative estimate of drug-likeness (QED) is 0.416. The van der Waals surface area contributed by atoms with E-state index in [4.69, 9.17) is 11.6 Å². The number of sulfone groups is 1. The third-order valence-corrected chi connectivity index (χ3v) is 7.10. The molecule has 1 heterocycles. The van der Waals surface area contributed by atoms with Crippen LogP contribution in [-0.4, -0.2) is 25.9 Å². The molecule has 0 bridgehead atoms. The molecule has 1 aromatic heterocycles.